The van der Waals surface area contributed by atoms with Crippen molar-refractivity contribution in [3.05, 3.63) is 54.0 Å². The molecule has 0 saturated heterocycles. The minimum atomic E-state index is -0.547. The molecule has 3 aromatic rings. The van der Waals surface area contributed by atoms with E-state index in [9.17, 15) is 9.90 Å². The van der Waals surface area contributed by atoms with E-state index in [1.807, 2.05) is 51.1 Å². The number of hydrogen-bond donors (Lipinski definition) is 2. The molecule has 0 unspecified atom stereocenters. The number of carbonyl (C=O) groups excluding carboxylic acids is 1. The van der Waals surface area contributed by atoms with Gasteiger partial charge in [0.15, 0.2) is 0 Å². The summed E-state index contributed by atoms with van der Waals surface area (Å²) >= 11 is 0. The van der Waals surface area contributed by atoms with E-state index in [-0.39, 0.29) is 13.2 Å². The van der Waals surface area contributed by atoms with Gasteiger partial charge < -0.3 is 19.6 Å². The SMILES string of the molecule is CC(C)(C)OC(=O)NCc1cc(-c2cc(CO)cc3ccoc23)ccn1. The number of ether oxygens (including phenoxy) is 1. The van der Waals surface area contributed by atoms with Crippen LogP contribution in [0.25, 0.3) is 22.1 Å². The number of hydrogen-bond acceptors (Lipinski definition) is 5. The molecule has 0 aliphatic heterocycles. The molecule has 2 aromatic heterocycles. The minimum absolute atomic E-state index is 0.0493. The Morgan fingerprint density at radius 3 is 2.81 bits per heavy atom. The third kappa shape index (κ3) is 4.21. The van der Waals surface area contributed by atoms with E-state index in [2.05, 4.69) is 10.3 Å². The molecule has 136 valence electrons. The van der Waals surface area contributed by atoms with Crippen molar-refractivity contribution in [1.29, 1.82) is 0 Å². The van der Waals surface area contributed by atoms with Gasteiger partial charge in [-0.05, 0) is 62.2 Å². The summed E-state index contributed by atoms with van der Waals surface area (Å²) in [4.78, 5) is 16.1. The number of nitrogens with zero attached hydrogens (tertiary/aromatic N) is 1. The molecule has 0 spiro atoms. The molecule has 0 radical (unpaired) electrons. The minimum Gasteiger partial charge on any atom is -0.464 e. The van der Waals surface area contributed by atoms with Gasteiger partial charge in [-0.1, -0.05) is 0 Å². The maximum Gasteiger partial charge on any atom is 0.407 e. The van der Waals surface area contributed by atoms with Gasteiger partial charge in [-0.3, -0.25) is 4.98 Å². The number of alkyl carbamates (subject to hydrolysis) is 1. The predicted octanol–water partition coefficient (Wildman–Crippen LogP) is 4.01. The van der Waals surface area contributed by atoms with Gasteiger partial charge in [-0.2, -0.15) is 0 Å². The van der Waals surface area contributed by atoms with Crippen molar-refractivity contribution in [3.63, 3.8) is 0 Å². The van der Waals surface area contributed by atoms with E-state index in [1.54, 1.807) is 12.5 Å². The van der Waals surface area contributed by atoms with Crippen molar-refractivity contribution >= 4 is 17.1 Å². The summed E-state index contributed by atoms with van der Waals surface area (Å²) in [7, 11) is 0. The van der Waals surface area contributed by atoms with E-state index < -0.39 is 11.7 Å². The smallest absolute Gasteiger partial charge is 0.407 e. The maximum atomic E-state index is 11.8. The number of furan rings is 1. The second-order valence-electron chi connectivity index (χ2n) is 7.03. The highest BCUT2D eigenvalue weighted by atomic mass is 16.6. The molecule has 2 N–H and O–H groups in total. The van der Waals surface area contributed by atoms with Crippen LogP contribution in [-0.2, 0) is 17.9 Å². The number of fused-ring (bicyclic) bond motifs is 1. The van der Waals surface area contributed by atoms with Gasteiger partial charge in [-0.15, -0.1) is 0 Å². The average molecular weight is 354 g/mol. The first-order chi connectivity index (χ1) is 12.4. The largest absolute Gasteiger partial charge is 0.464 e. The summed E-state index contributed by atoms with van der Waals surface area (Å²) < 4.78 is 10.8. The number of benzene rings is 1. The topological polar surface area (TPSA) is 84.6 Å². The predicted molar refractivity (Wildman–Crippen MR) is 98.4 cm³/mol. The van der Waals surface area contributed by atoms with Gasteiger partial charge in [0, 0.05) is 17.1 Å². The zero-order chi connectivity index (χ0) is 18.7. The molecule has 6 heteroatoms. The number of rotatable bonds is 4. The van der Waals surface area contributed by atoms with E-state index in [0.717, 1.165) is 27.7 Å². The summed E-state index contributed by atoms with van der Waals surface area (Å²) in [6.45, 7) is 5.65. The van der Waals surface area contributed by atoms with Crippen molar-refractivity contribution in [2.45, 2.75) is 39.5 Å². The lowest BCUT2D eigenvalue weighted by atomic mass is 10.0. The fourth-order valence-corrected chi connectivity index (χ4v) is 2.67. The fourth-order valence-electron chi connectivity index (χ4n) is 2.67. The van der Waals surface area contributed by atoms with Crippen molar-refractivity contribution in [2.24, 2.45) is 0 Å². The van der Waals surface area contributed by atoms with E-state index in [4.69, 9.17) is 9.15 Å². The third-order valence-corrected chi connectivity index (χ3v) is 3.73. The molecule has 2 heterocycles. The summed E-state index contributed by atoms with van der Waals surface area (Å²) in [6, 6.07) is 9.41. The molecular weight excluding hydrogens is 332 g/mol. The number of pyridine rings is 1. The first kappa shape index (κ1) is 17.9. The van der Waals surface area contributed by atoms with Gasteiger partial charge in [0.1, 0.15) is 11.2 Å². The Balaban J connectivity index is 1.84. The van der Waals surface area contributed by atoms with Crippen LogP contribution >= 0.6 is 0 Å². The molecule has 0 atom stereocenters. The number of nitrogens with one attached hydrogen (secondary N) is 1. The highest BCUT2D eigenvalue weighted by molar-refractivity contribution is 5.93. The number of aliphatic hydroxyl groups is 1. The second-order valence-corrected chi connectivity index (χ2v) is 7.03. The van der Waals surface area contributed by atoms with Crippen molar-refractivity contribution in [2.75, 3.05) is 0 Å². The number of amides is 1. The van der Waals surface area contributed by atoms with Gasteiger partial charge in [0.25, 0.3) is 0 Å². The first-order valence-electron chi connectivity index (χ1n) is 8.39. The van der Waals surface area contributed by atoms with Crippen LogP contribution in [0.5, 0.6) is 0 Å². The number of aliphatic hydroxyl groups excluding tert-OH is 1. The fraction of sp³-hybridized carbons (Fsp3) is 0.300. The Kier molecular flexibility index (Phi) is 4.95. The maximum absolute atomic E-state index is 11.8. The Bertz CT molecular complexity index is 925. The van der Waals surface area contributed by atoms with E-state index >= 15 is 0 Å². The number of aromatic nitrogens is 1. The quantitative estimate of drug-likeness (QED) is 0.739. The van der Waals surface area contributed by atoms with Crippen LogP contribution < -0.4 is 5.32 Å². The van der Waals surface area contributed by atoms with E-state index in [1.165, 1.54) is 0 Å². The summed E-state index contributed by atoms with van der Waals surface area (Å²) in [6.07, 6.45) is 2.82. The molecule has 3 rings (SSSR count). The molecule has 1 aromatic carbocycles. The van der Waals surface area contributed by atoms with Crippen LogP contribution in [0.1, 0.15) is 32.0 Å². The van der Waals surface area contributed by atoms with Gasteiger partial charge in [0.2, 0.25) is 0 Å². The zero-order valence-corrected chi connectivity index (χ0v) is 15.1. The lowest BCUT2D eigenvalue weighted by molar-refractivity contribution is 0.0523. The third-order valence-electron chi connectivity index (χ3n) is 3.73. The standard InChI is InChI=1S/C20H22N2O4/c1-20(2,3)26-19(24)22-11-16-10-14(4-6-21-16)17-9-13(12-23)8-15-5-7-25-18(15)17/h4-10,23H,11-12H2,1-3H3,(H,22,24). The van der Waals surface area contributed by atoms with Crippen molar-refractivity contribution in [1.82, 2.24) is 10.3 Å². The normalized spacial score (nSPS) is 11.5. The Labute approximate surface area is 151 Å². The summed E-state index contributed by atoms with van der Waals surface area (Å²) in [5.41, 5.74) is 3.48. The van der Waals surface area contributed by atoms with Crippen LogP contribution in [0.15, 0.2) is 47.2 Å². The second kappa shape index (κ2) is 7.17. The molecule has 26 heavy (non-hydrogen) atoms. The van der Waals surface area contributed by atoms with Crippen molar-refractivity contribution in [3.8, 4) is 11.1 Å². The van der Waals surface area contributed by atoms with Gasteiger partial charge in [-0.25, -0.2) is 4.79 Å². The van der Waals surface area contributed by atoms with Crippen molar-refractivity contribution < 1.29 is 19.1 Å². The van der Waals surface area contributed by atoms with Crippen LogP contribution in [0.2, 0.25) is 0 Å². The Morgan fingerprint density at radius 1 is 1.27 bits per heavy atom. The monoisotopic (exact) mass is 354 g/mol. The Hall–Kier alpha value is -2.86. The molecule has 0 saturated carbocycles. The Morgan fingerprint density at radius 2 is 2.08 bits per heavy atom. The van der Waals surface area contributed by atoms with Gasteiger partial charge in [0.05, 0.1) is 25.1 Å². The van der Waals surface area contributed by atoms with Crippen LogP contribution in [0, 0.1) is 0 Å². The summed E-state index contributed by atoms with van der Waals surface area (Å²) in [5, 5.41) is 13.1. The molecular formula is C20H22N2O4. The lowest BCUT2D eigenvalue weighted by Gasteiger charge is -2.19. The van der Waals surface area contributed by atoms with Crippen LogP contribution in [0.3, 0.4) is 0 Å². The van der Waals surface area contributed by atoms with Crippen LogP contribution in [-0.4, -0.2) is 21.8 Å². The molecule has 6 nitrogen and oxygen atoms in total. The molecule has 0 fully saturated rings. The first-order valence-corrected chi connectivity index (χ1v) is 8.39. The summed E-state index contributed by atoms with van der Waals surface area (Å²) in [5.74, 6) is 0. The van der Waals surface area contributed by atoms with Gasteiger partial charge >= 0.3 is 6.09 Å². The highest BCUT2D eigenvalue weighted by Gasteiger charge is 2.16. The molecule has 0 bridgehead atoms. The lowest BCUT2D eigenvalue weighted by Crippen LogP contribution is -2.32. The van der Waals surface area contributed by atoms with E-state index in [0.29, 0.717) is 5.69 Å². The number of carbonyl (C=O) groups is 1. The molecule has 1 amide bonds. The average Bonchev–Trinajstić information content (AvgIpc) is 3.06. The molecule has 0 aliphatic carbocycles. The zero-order valence-electron chi connectivity index (χ0n) is 15.1. The highest BCUT2D eigenvalue weighted by Crippen LogP contribution is 2.31. The molecule has 0 aliphatic rings. The van der Waals surface area contributed by atoms with Crippen LogP contribution in [0.4, 0.5) is 4.79 Å².